The lowest BCUT2D eigenvalue weighted by Gasteiger charge is -2.18. The Kier molecular flexibility index (Phi) is 5.76. The third-order valence-electron chi connectivity index (χ3n) is 4.37. The minimum atomic E-state index is -0.0573. The second-order valence-corrected chi connectivity index (χ2v) is 5.98. The van der Waals surface area contributed by atoms with E-state index in [0.29, 0.717) is 24.6 Å². The van der Waals surface area contributed by atoms with Gasteiger partial charge < -0.3 is 18.8 Å². The first kappa shape index (κ1) is 18.5. The van der Waals surface area contributed by atoms with E-state index in [4.69, 9.17) is 9.47 Å². The average Bonchev–Trinajstić information content (AvgIpc) is 3.12. The number of carbonyl (C=O) groups is 1. The number of fused-ring (bicyclic) bond motifs is 1. The third-order valence-corrected chi connectivity index (χ3v) is 4.37. The first-order chi connectivity index (χ1) is 13.2. The van der Waals surface area contributed by atoms with Crippen LogP contribution in [-0.4, -0.2) is 41.0 Å². The van der Waals surface area contributed by atoms with Crippen molar-refractivity contribution in [2.75, 3.05) is 20.8 Å². The number of likely N-dealkylation sites (N-methyl/N-ethyl adjacent to an activating group) is 1. The van der Waals surface area contributed by atoms with E-state index in [0.717, 1.165) is 16.9 Å². The van der Waals surface area contributed by atoms with Crippen LogP contribution in [0.4, 0.5) is 0 Å². The highest BCUT2D eigenvalue weighted by Gasteiger charge is 2.12. The molecule has 3 aromatic rings. The molecule has 0 atom stereocenters. The van der Waals surface area contributed by atoms with Crippen LogP contribution in [-0.2, 0) is 11.3 Å². The van der Waals surface area contributed by atoms with Gasteiger partial charge in [-0.1, -0.05) is 12.1 Å². The molecular weight excluding hydrogens is 342 g/mol. The summed E-state index contributed by atoms with van der Waals surface area (Å²) in [6.07, 6.45) is 7.12. The largest absolute Gasteiger partial charge is 0.493 e. The molecule has 27 heavy (non-hydrogen) atoms. The van der Waals surface area contributed by atoms with Crippen molar-refractivity contribution in [3.05, 3.63) is 66.1 Å². The number of rotatable bonds is 7. The summed E-state index contributed by atoms with van der Waals surface area (Å²) < 4.78 is 12.5. The van der Waals surface area contributed by atoms with E-state index in [9.17, 15) is 4.79 Å². The van der Waals surface area contributed by atoms with E-state index < -0.39 is 0 Å². The number of imidazole rings is 1. The smallest absolute Gasteiger partial charge is 0.246 e. The van der Waals surface area contributed by atoms with Gasteiger partial charge in [-0.15, -0.1) is 0 Å². The Morgan fingerprint density at radius 1 is 1.19 bits per heavy atom. The molecule has 0 fully saturated rings. The van der Waals surface area contributed by atoms with Crippen molar-refractivity contribution in [3.8, 4) is 11.5 Å². The zero-order chi connectivity index (χ0) is 19.2. The van der Waals surface area contributed by atoms with Crippen molar-refractivity contribution in [2.24, 2.45) is 0 Å². The number of ether oxygens (including phenoxy) is 2. The molecule has 0 aliphatic rings. The normalized spacial score (nSPS) is 11.1. The van der Waals surface area contributed by atoms with Crippen LogP contribution < -0.4 is 9.47 Å². The van der Waals surface area contributed by atoms with E-state index in [1.807, 2.05) is 60.1 Å². The standard InChI is InChI=1S/C21H23N3O3/c1-4-23(15-17-14-22-20-7-5-6-12-24(17)20)21(25)11-9-16-8-10-18(26-2)19(13-16)27-3/h5-14H,4,15H2,1-3H3/b11-9+. The highest BCUT2D eigenvalue weighted by Crippen LogP contribution is 2.28. The Hall–Kier alpha value is -3.28. The van der Waals surface area contributed by atoms with Crippen LogP contribution in [0.2, 0.25) is 0 Å². The van der Waals surface area contributed by atoms with Gasteiger partial charge in [-0.05, 0) is 42.8 Å². The lowest BCUT2D eigenvalue weighted by atomic mass is 10.2. The topological polar surface area (TPSA) is 56.1 Å². The molecule has 140 valence electrons. The van der Waals surface area contributed by atoms with E-state index in [1.165, 1.54) is 0 Å². The zero-order valence-corrected chi connectivity index (χ0v) is 15.8. The minimum absolute atomic E-state index is 0.0573. The molecule has 0 spiro atoms. The Morgan fingerprint density at radius 3 is 2.74 bits per heavy atom. The quantitative estimate of drug-likeness (QED) is 0.602. The molecule has 2 aromatic heterocycles. The fraction of sp³-hybridized carbons (Fsp3) is 0.238. The van der Waals surface area contributed by atoms with Crippen LogP contribution in [0.15, 0.2) is 54.9 Å². The van der Waals surface area contributed by atoms with Crippen LogP contribution in [0, 0.1) is 0 Å². The van der Waals surface area contributed by atoms with E-state index in [1.54, 1.807) is 31.3 Å². The van der Waals surface area contributed by atoms with Gasteiger partial charge in [0, 0.05) is 18.8 Å². The maximum Gasteiger partial charge on any atom is 0.246 e. The maximum atomic E-state index is 12.6. The molecule has 0 unspecified atom stereocenters. The van der Waals surface area contributed by atoms with Crippen LogP contribution in [0.5, 0.6) is 11.5 Å². The van der Waals surface area contributed by atoms with Crippen LogP contribution in [0.1, 0.15) is 18.2 Å². The summed E-state index contributed by atoms with van der Waals surface area (Å²) in [5.74, 6) is 1.23. The molecule has 0 N–H and O–H groups in total. The summed E-state index contributed by atoms with van der Waals surface area (Å²) in [5.41, 5.74) is 2.71. The van der Waals surface area contributed by atoms with Gasteiger partial charge in [-0.2, -0.15) is 0 Å². The number of aromatic nitrogens is 2. The van der Waals surface area contributed by atoms with Gasteiger partial charge in [0.25, 0.3) is 0 Å². The monoisotopic (exact) mass is 365 g/mol. The van der Waals surface area contributed by atoms with Crippen LogP contribution >= 0.6 is 0 Å². The number of hydrogen-bond acceptors (Lipinski definition) is 4. The summed E-state index contributed by atoms with van der Waals surface area (Å²) in [7, 11) is 3.18. The molecule has 0 radical (unpaired) electrons. The highest BCUT2D eigenvalue weighted by molar-refractivity contribution is 5.91. The second kappa shape index (κ2) is 8.40. The maximum absolute atomic E-state index is 12.6. The first-order valence-corrected chi connectivity index (χ1v) is 8.76. The molecule has 3 rings (SSSR count). The van der Waals surface area contributed by atoms with Gasteiger partial charge in [0.2, 0.25) is 5.91 Å². The number of hydrogen-bond donors (Lipinski definition) is 0. The van der Waals surface area contributed by atoms with Crippen molar-refractivity contribution in [1.29, 1.82) is 0 Å². The lowest BCUT2D eigenvalue weighted by Crippen LogP contribution is -2.29. The molecule has 0 bridgehead atoms. The van der Waals surface area contributed by atoms with Gasteiger partial charge in [0.1, 0.15) is 5.65 Å². The van der Waals surface area contributed by atoms with Crippen molar-refractivity contribution in [2.45, 2.75) is 13.5 Å². The predicted octanol–water partition coefficient (Wildman–Crippen LogP) is 3.41. The molecule has 0 saturated carbocycles. The number of methoxy groups -OCH3 is 2. The number of carbonyl (C=O) groups excluding carboxylic acids is 1. The Balaban J connectivity index is 1.74. The van der Waals surface area contributed by atoms with Gasteiger partial charge in [0.05, 0.1) is 32.7 Å². The van der Waals surface area contributed by atoms with E-state index >= 15 is 0 Å². The summed E-state index contributed by atoms with van der Waals surface area (Å²) >= 11 is 0. The SMILES string of the molecule is CCN(Cc1cnc2ccccn12)C(=O)/C=C/c1ccc(OC)c(OC)c1. The van der Waals surface area contributed by atoms with Crippen molar-refractivity contribution in [3.63, 3.8) is 0 Å². The van der Waals surface area contributed by atoms with Gasteiger partial charge in [-0.25, -0.2) is 4.98 Å². The van der Waals surface area contributed by atoms with Gasteiger partial charge >= 0.3 is 0 Å². The molecule has 6 heteroatoms. The zero-order valence-electron chi connectivity index (χ0n) is 15.8. The fourth-order valence-corrected chi connectivity index (χ4v) is 2.87. The second-order valence-electron chi connectivity index (χ2n) is 5.98. The average molecular weight is 365 g/mol. The molecule has 1 aromatic carbocycles. The van der Waals surface area contributed by atoms with Crippen molar-refractivity contribution >= 4 is 17.6 Å². The number of nitrogens with zero attached hydrogens (tertiary/aromatic N) is 3. The van der Waals surface area contributed by atoms with Gasteiger partial charge in [0.15, 0.2) is 11.5 Å². The summed E-state index contributed by atoms with van der Waals surface area (Å²) in [5, 5.41) is 0. The number of benzene rings is 1. The lowest BCUT2D eigenvalue weighted by molar-refractivity contribution is -0.126. The summed E-state index contributed by atoms with van der Waals surface area (Å²) in [6, 6.07) is 11.4. The molecule has 0 aliphatic carbocycles. The highest BCUT2D eigenvalue weighted by atomic mass is 16.5. The summed E-state index contributed by atoms with van der Waals surface area (Å²) in [4.78, 5) is 18.8. The Morgan fingerprint density at radius 2 is 2.00 bits per heavy atom. The molecule has 6 nitrogen and oxygen atoms in total. The van der Waals surface area contributed by atoms with Crippen LogP contribution in [0.25, 0.3) is 11.7 Å². The Labute approximate surface area is 158 Å². The molecule has 2 heterocycles. The predicted molar refractivity (Wildman–Crippen MR) is 105 cm³/mol. The van der Waals surface area contributed by atoms with E-state index in [2.05, 4.69) is 4.98 Å². The number of amides is 1. The third kappa shape index (κ3) is 4.11. The summed E-state index contributed by atoms with van der Waals surface area (Å²) in [6.45, 7) is 3.07. The Bertz CT molecular complexity index is 962. The molecular formula is C21H23N3O3. The molecule has 0 aliphatic heterocycles. The van der Waals surface area contributed by atoms with Gasteiger partial charge in [-0.3, -0.25) is 4.79 Å². The fourth-order valence-electron chi connectivity index (χ4n) is 2.87. The number of pyridine rings is 1. The minimum Gasteiger partial charge on any atom is -0.493 e. The van der Waals surface area contributed by atoms with Crippen molar-refractivity contribution in [1.82, 2.24) is 14.3 Å². The van der Waals surface area contributed by atoms with Crippen LogP contribution in [0.3, 0.4) is 0 Å². The first-order valence-electron chi connectivity index (χ1n) is 8.76. The molecule has 0 saturated heterocycles. The van der Waals surface area contributed by atoms with E-state index in [-0.39, 0.29) is 5.91 Å². The van der Waals surface area contributed by atoms with Crippen molar-refractivity contribution < 1.29 is 14.3 Å². The molecule has 1 amide bonds.